The normalized spacial score (nSPS) is 13.0. The predicted molar refractivity (Wildman–Crippen MR) is 73.2 cm³/mol. The van der Waals surface area contributed by atoms with Crippen LogP contribution in [0.15, 0.2) is 65.7 Å². The molecule has 0 aliphatic carbocycles. The lowest BCUT2D eigenvalue weighted by Gasteiger charge is -2.14. The van der Waals surface area contributed by atoms with Gasteiger partial charge in [0.2, 0.25) is 0 Å². The number of hydrogen-bond donors (Lipinski definition) is 0. The zero-order chi connectivity index (χ0) is 13.7. The highest BCUT2D eigenvalue weighted by Gasteiger charge is 2.13. The molecule has 3 nitrogen and oxygen atoms in total. The first-order valence-corrected chi connectivity index (χ1v) is 6.08. The van der Waals surface area contributed by atoms with E-state index < -0.39 is 6.04 Å². The van der Waals surface area contributed by atoms with Crippen LogP contribution in [-0.4, -0.2) is 17.7 Å². The van der Waals surface area contributed by atoms with E-state index in [-0.39, 0.29) is 11.7 Å². The van der Waals surface area contributed by atoms with Crippen molar-refractivity contribution in [2.45, 2.75) is 13.0 Å². The quantitative estimate of drug-likeness (QED) is 0.475. The van der Waals surface area contributed by atoms with Crippen LogP contribution in [0.5, 0.6) is 0 Å². The zero-order valence-corrected chi connectivity index (χ0v) is 10.6. The second-order valence-corrected chi connectivity index (χ2v) is 4.21. The van der Waals surface area contributed by atoms with E-state index in [9.17, 15) is 9.90 Å². The maximum Gasteiger partial charge on any atom is 0.186 e. The Morgan fingerprint density at radius 3 is 1.95 bits per heavy atom. The second kappa shape index (κ2) is 5.96. The Hall–Kier alpha value is -2.42. The van der Waals surface area contributed by atoms with Crippen LogP contribution >= 0.6 is 0 Å². The van der Waals surface area contributed by atoms with Crippen LogP contribution in [0, 0.1) is 0 Å². The highest BCUT2D eigenvalue weighted by Crippen LogP contribution is 2.07. The van der Waals surface area contributed by atoms with Crippen LogP contribution in [0.25, 0.3) is 0 Å². The summed E-state index contributed by atoms with van der Waals surface area (Å²) in [6.07, 6.45) is 0. The fraction of sp³-hybridized carbons (Fsp3) is 0.125. The molecule has 2 aromatic rings. The lowest BCUT2D eigenvalue weighted by atomic mass is 10.1. The average molecular weight is 252 g/mol. The van der Waals surface area contributed by atoms with E-state index >= 15 is 0 Å². The summed E-state index contributed by atoms with van der Waals surface area (Å²) in [4.78, 5) is 16.0. The second-order valence-electron chi connectivity index (χ2n) is 4.21. The Kier molecular flexibility index (Phi) is 4.08. The number of rotatable bonds is 4. The van der Waals surface area contributed by atoms with E-state index in [2.05, 4.69) is 4.99 Å². The molecule has 19 heavy (non-hydrogen) atoms. The van der Waals surface area contributed by atoms with Crippen LogP contribution in [0.3, 0.4) is 0 Å². The predicted octanol–water partition coefficient (Wildman–Crippen LogP) is 2.06. The highest BCUT2D eigenvalue weighted by molar-refractivity contribution is 6.02. The first kappa shape index (κ1) is 13.0. The summed E-state index contributed by atoms with van der Waals surface area (Å²) in [6, 6.07) is 16.9. The Balaban J connectivity index is 2.17. The van der Waals surface area contributed by atoms with Crippen LogP contribution in [-0.2, 0) is 0 Å². The summed E-state index contributed by atoms with van der Waals surface area (Å²) < 4.78 is 0. The van der Waals surface area contributed by atoms with Gasteiger partial charge in [0.15, 0.2) is 5.78 Å². The number of Topliss-reactive ketones (excluding diaryl/α,β-unsaturated/α-hetero) is 1. The SMILES string of the molecule is CC(N=C([O-])c1ccccc1)C(=O)c1ccccc1. The van der Waals surface area contributed by atoms with Crippen LogP contribution < -0.4 is 5.11 Å². The van der Waals surface area contributed by atoms with E-state index in [1.165, 1.54) is 0 Å². The molecule has 0 aliphatic heterocycles. The van der Waals surface area contributed by atoms with E-state index in [0.717, 1.165) is 0 Å². The summed E-state index contributed by atoms with van der Waals surface area (Å²) in [5.41, 5.74) is 1.06. The van der Waals surface area contributed by atoms with Gasteiger partial charge in [-0.3, -0.25) is 9.79 Å². The van der Waals surface area contributed by atoms with Gasteiger partial charge in [0, 0.05) is 5.56 Å². The van der Waals surface area contributed by atoms with E-state index in [4.69, 9.17) is 0 Å². The number of aliphatic imine (C=N–C) groups is 1. The van der Waals surface area contributed by atoms with E-state index in [1.807, 2.05) is 12.1 Å². The van der Waals surface area contributed by atoms with Crippen LogP contribution in [0.2, 0.25) is 0 Å². The molecule has 0 radical (unpaired) electrons. The van der Waals surface area contributed by atoms with Gasteiger partial charge in [-0.15, -0.1) is 0 Å². The summed E-state index contributed by atoms with van der Waals surface area (Å²) in [5.74, 6) is -0.512. The maximum absolute atomic E-state index is 12.1. The van der Waals surface area contributed by atoms with Gasteiger partial charge in [0.1, 0.15) is 6.04 Å². The van der Waals surface area contributed by atoms with Crippen molar-refractivity contribution in [3.63, 3.8) is 0 Å². The van der Waals surface area contributed by atoms with Gasteiger partial charge >= 0.3 is 0 Å². The minimum absolute atomic E-state index is 0.148. The number of carbonyl (C=O) groups is 1. The van der Waals surface area contributed by atoms with Crippen molar-refractivity contribution >= 4 is 11.7 Å². The number of ketones is 1. The standard InChI is InChI=1S/C16H15NO2/c1-12(15(18)13-8-4-2-5-9-13)17-16(19)14-10-6-3-7-11-14/h2-12H,1H3,(H,17,19)/p-1. The third kappa shape index (κ3) is 3.28. The molecule has 0 saturated heterocycles. The molecule has 0 spiro atoms. The molecule has 1 atom stereocenters. The number of hydrogen-bond acceptors (Lipinski definition) is 3. The molecule has 0 bridgehead atoms. The molecule has 0 N–H and O–H groups in total. The van der Waals surface area contributed by atoms with E-state index in [0.29, 0.717) is 11.1 Å². The van der Waals surface area contributed by atoms with Gasteiger partial charge in [0.05, 0.1) is 0 Å². The molecular weight excluding hydrogens is 238 g/mol. The monoisotopic (exact) mass is 252 g/mol. The highest BCUT2D eigenvalue weighted by atomic mass is 16.3. The largest absolute Gasteiger partial charge is 0.858 e. The van der Waals surface area contributed by atoms with Crippen LogP contribution in [0.4, 0.5) is 0 Å². The molecule has 0 aromatic heterocycles. The van der Waals surface area contributed by atoms with Gasteiger partial charge in [-0.2, -0.15) is 0 Å². The summed E-state index contributed by atoms with van der Waals surface area (Å²) in [5, 5.41) is 11.9. The minimum atomic E-state index is -0.671. The number of nitrogens with zero attached hydrogens (tertiary/aromatic N) is 1. The van der Waals surface area contributed by atoms with Gasteiger partial charge in [-0.1, -0.05) is 60.7 Å². The van der Waals surface area contributed by atoms with Gasteiger partial charge < -0.3 is 5.11 Å². The maximum atomic E-state index is 12.1. The van der Waals surface area contributed by atoms with Crippen molar-refractivity contribution in [3.05, 3.63) is 71.8 Å². The Labute approximate surface area is 112 Å². The lowest BCUT2D eigenvalue weighted by Crippen LogP contribution is -2.24. The lowest BCUT2D eigenvalue weighted by molar-refractivity contribution is -0.213. The molecule has 0 fully saturated rings. The third-order valence-electron chi connectivity index (χ3n) is 2.77. The fourth-order valence-electron chi connectivity index (χ4n) is 1.73. The first-order valence-electron chi connectivity index (χ1n) is 6.08. The van der Waals surface area contributed by atoms with Crippen molar-refractivity contribution < 1.29 is 9.90 Å². The molecule has 2 rings (SSSR count). The Morgan fingerprint density at radius 2 is 1.42 bits per heavy atom. The van der Waals surface area contributed by atoms with Gasteiger partial charge in [-0.25, -0.2) is 0 Å². The molecule has 0 heterocycles. The fourth-order valence-corrected chi connectivity index (χ4v) is 1.73. The number of benzene rings is 2. The van der Waals surface area contributed by atoms with Gasteiger partial charge in [-0.05, 0) is 18.4 Å². The Morgan fingerprint density at radius 1 is 0.947 bits per heavy atom. The topological polar surface area (TPSA) is 52.5 Å². The minimum Gasteiger partial charge on any atom is -0.858 e. The molecule has 1 unspecified atom stereocenters. The Bertz CT molecular complexity index is 576. The third-order valence-corrected chi connectivity index (χ3v) is 2.77. The zero-order valence-electron chi connectivity index (χ0n) is 10.6. The van der Waals surface area contributed by atoms with Crippen molar-refractivity contribution in [1.82, 2.24) is 0 Å². The first-order chi connectivity index (χ1) is 9.18. The molecule has 0 saturated carbocycles. The molecular formula is C16H14NO2-. The smallest absolute Gasteiger partial charge is 0.186 e. The number of carbonyl (C=O) groups excluding carboxylic acids is 1. The van der Waals surface area contributed by atoms with Crippen molar-refractivity contribution in [2.75, 3.05) is 0 Å². The van der Waals surface area contributed by atoms with Gasteiger partial charge in [0.25, 0.3) is 0 Å². The summed E-state index contributed by atoms with van der Waals surface area (Å²) >= 11 is 0. The summed E-state index contributed by atoms with van der Waals surface area (Å²) in [7, 11) is 0. The molecule has 0 aliphatic rings. The molecule has 2 aromatic carbocycles. The van der Waals surface area contributed by atoms with Crippen molar-refractivity contribution in [1.29, 1.82) is 0 Å². The molecule has 3 heteroatoms. The molecule has 96 valence electrons. The van der Waals surface area contributed by atoms with E-state index in [1.54, 1.807) is 55.5 Å². The van der Waals surface area contributed by atoms with Crippen molar-refractivity contribution in [2.24, 2.45) is 4.99 Å². The van der Waals surface area contributed by atoms with Crippen LogP contribution in [0.1, 0.15) is 22.8 Å². The van der Waals surface area contributed by atoms with Crippen molar-refractivity contribution in [3.8, 4) is 0 Å². The summed E-state index contributed by atoms with van der Waals surface area (Å²) in [6.45, 7) is 1.64. The average Bonchev–Trinajstić information content (AvgIpc) is 2.48. The molecule has 0 amide bonds.